The van der Waals surface area contributed by atoms with Gasteiger partial charge in [0.15, 0.2) is 0 Å². The minimum atomic E-state index is -3.65. The van der Waals surface area contributed by atoms with Crippen LogP contribution < -0.4 is 4.74 Å². The molecule has 9 heteroatoms. The fourth-order valence-corrected chi connectivity index (χ4v) is 4.85. The Hall–Kier alpha value is -3.85. The van der Waals surface area contributed by atoms with Crippen LogP contribution in [0, 0.1) is 0 Å². The van der Waals surface area contributed by atoms with E-state index in [-0.39, 0.29) is 0 Å². The van der Waals surface area contributed by atoms with Crippen molar-refractivity contribution in [1.82, 2.24) is 14.2 Å². The third-order valence-corrected chi connectivity index (χ3v) is 6.50. The summed E-state index contributed by atoms with van der Waals surface area (Å²) >= 11 is 0. The number of ether oxygens (including phenoxy) is 1. The number of methoxy groups -OCH3 is 1. The van der Waals surface area contributed by atoms with E-state index in [1.54, 1.807) is 30.2 Å². The molecule has 0 N–H and O–H groups in total. The second-order valence-electron chi connectivity index (χ2n) is 7.72. The maximum absolute atomic E-state index is 12.7. The average molecular weight is 463 g/mol. The van der Waals surface area contributed by atoms with Gasteiger partial charge in [-0.15, -0.1) is 0 Å². The number of nitrogens with zero attached hydrogens (tertiary/aromatic N) is 4. The van der Waals surface area contributed by atoms with Crippen LogP contribution in [0.3, 0.4) is 0 Å². The summed E-state index contributed by atoms with van der Waals surface area (Å²) in [5, 5.41) is 9.26. The number of furan rings is 1. The van der Waals surface area contributed by atoms with Crippen LogP contribution in [0.25, 0.3) is 16.9 Å². The van der Waals surface area contributed by atoms with Crippen LogP contribution in [0.2, 0.25) is 0 Å². The van der Waals surface area contributed by atoms with Gasteiger partial charge in [0.05, 0.1) is 37.1 Å². The quantitative estimate of drug-likeness (QED) is 0.427. The summed E-state index contributed by atoms with van der Waals surface area (Å²) in [7, 11) is -2.04. The Morgan fingerprint density at radius 1 is 1.06 bits per heavy atom. The second-order valence-corrected chi connectivity index (χ2v) is 9.56. The lowest BCUT2D eigenvalue weighted by Crippen LogP contribution is -2.26. The van der Waals surface area contributed by atoms with E-state index in [4.69, 9.17) is 14.3 Å². The van der Waals surface area contributed by atoms with E-state index in [0.29, 0.717) is 29.3 Å². The summed E-state index contributed by atoms with van der Waals surface area (Å²) in [6, 6.07) is 20.2. The third-order valence-electron chi connectivity index (χ3n) is 5.48. The molecule has 0 saturated heterocycles. The first-order valence-corrected chi connectivity index (χ1v) is 12.2. The van der Waals surface area contributed by atoms with Crippen molar-refractivity contribution in [3.8, 4) is 22.7 Å². The van der Waals surface area contributed by atoms with Crippen molar-refractivity contribution in [2.75, 3.05) is 13.4 Å². The number of hydrazone groups is 1. The molecular formula is C24H22N4O4S. The summed E-state index contributed by atoms with van der Waals surface area (Å²) < 4.78 is 39.2. The topological polar surface area (TPSA) is 89.9 Å². The van der Waals surface area contributed by atoms with Crippen LogP contribution in [0.4, 0.5) is 0 Å². The first-order valence-electron chi connectivity index (χ1n) is 10.3. The van der Waals surface area contributed by atoms with Crippen molar-refractivity contribution in [3.05, 3.63) is 90.5 Å². The monoisotopic (exact) mass is 462 g/mol. The first-order chi connectivity index (χ1) is 15.9. The van der Waals surface area contributed by atoms with Crippen molar-refractivity contribution >= 4 is 15.7 Å². The van der Waals surface area contributed by atoms with Crippen molar-refractivity contribution in [2.45, 2.75) is 12.5 Å². The Balaban J connectivity index is 1.66. The van der Waals surface area contributed by atoms with E-state index < -0.39 is 16.1 Å². The number of hydrogen-bond acceptors (Lipinski definition) is 6. The Morgan fingerprint density at radius 3 is 2.58 bits per heavy atom. The molecule has 0 saturated carbocycles. The highest BCUT2D eigenvalue weighted by atomic mass is 32.2. The van der Waals surface area contributed by atoms with Crippen molar-refractivity contribution < 1.29 is 17.6 Å². The predicted molar refractivity (Wildman–Crippen MR) is 125 cm³/mol. The van der Waals surface area contributed by atoms with Crippen LogP contribution in [-0.2, 0) is 10.0 Å². The molecule has 2 aromatic heterocycles. The number of hydrogen-bond donors (Lipinski definition) is 0. The van der Waals surface area contributed by atoms with E-state index in [1.165, 1.54) is 0 Å². The number of para-hydroxylation sites is 1. The van der Waals surface area contributed by atoms with Gasteiger partial charge in [-0.2, -0.15) is 14.6 Å². The molecule has 4 aromatic rings. The smallest absolute Gasteiger partial charge is 0.247 e. The minimum absolute atomic E-state index is 0.359. The molecule has 168 valence electrons. The van der Waals surface area contributed by atoms with Gasteiger partial charge in [-0.1, -0.05) is 30.3 Å². The highest BCUT2D eigenvalue weighted by Gasteiger charge is 2.38. The van der Waals surface area contributed by atoms with E-state index in [1.807, 2.05) is 60.8 Å². The molecule has 33 heavy (non-hydrogen) atoms. The Bertz CT molecular complexity index is 1410. The number of benzene rings is 2. The Kier molecular flexibility index (Phi) is 5.26. The summed E-state index contributed by atoms with van der Waals surface area (Å²) in [6.07, 6.45) is 4.93. The molecule has 3 heterocycles. The van der Waals surface area contributed by atoms with Crippen LogP contribution >= 0.6 is 0 Å². The molecule has 0 radical (unpaired) electrons. The van der Waals surface area contributed by atoms with Gasteiger partial charge in [-0.05, 0) is 36.4 Å². The van der Waals surface area contributed by atoms with Gasteiger partial charge in [0.25, 0.3) is 0 Å². The normalized spacial score (nSPS) is 16.1. The fourth-order valence-electron chi connectivity index (χ4n) is 3.96. The van der Waals surface area contributed by atoms with Crippen LogP contribution in [0.15, 0.2) is 88.7 Å². The van der Waals surface area contributed by atoms with Gasteiger partial charge in [0.2, 0.25) is 10.0 Å². The van der Waals surface area contributed by atoms with Crippen LogP contribution in [0.5, 0.6) is 5.75 Å². The van der Waals surface area contributed by atoms with Crippen molar-refractivity contribution in [1.29, 1.82) is 0 Å². The zero-order valence-electron chi connectivity index (χ0n) is 18.1. The van der Waals surface area contributed by atoms with Crippen LogP contribution in [-0.4, -0.2) is 41.7 Å². The number of rotatable bonds is 6. The highest BCUT2D eigenvalue weighted by molar-refractivity contribution is 7.88. The first kappa shape index (κ1) is 21.0. The molecule has 1 aliphatic heterocycles. The molecule has 0 bridgehead atoms. The van der Waals surface area contributed by atoms with Crippen LogP contribution in [0.1, 0.15) is 23.8 Å². The molecule has 1 atom stereocenters. The third kappa shape index (κ3) is 4.03. The van der Waals surface area contributed by atoms with Gasteiger partial charge in [0.1, 0.15) is 17.2 Å². The van der Waals surface area contributed by atoms with Crippen molar-refractivity contribution in [2.24, 2.45) is 5.10 Å². The zero-order chi connectivity index (χ0) is 23.0. The summed E-state index contributed by atoms with van der Waals surface area (Å²) in [6.45, 7) is 0. The molecule has 0 unspecified atom stereocenters. The van der Waals surface area contributed by atoms with Gasteiger partial charge in [0, 0.05) is 23.7 Å². The molecule has 0 fully saturated rings. The lowest BCUT2D eigenvalue weighted by atomic mass is 9.99. The Morgan fingerprint density at radius 2 is 1.88 bits per heavy atom. The lowest BCUT2D eigenvalue weighted by molar-refractivity contribution is 0.375. The standard InChI is InChI=1S/C24H22N4O4S/c1-31-19-11-6-8-17(14-19)24-20(16-27(26-24)18-9-4-3-5-10-18)22-15-21(23-12-7-13-32-23)25-28(22)33(2,29)30/h3-14,16,22H,15H2,1-2H3/t22-/m0/s1. The molecule has 0 spiro atoms. The second kappa shape index (κ2) is 8.25. The van der Waals surface area contributed by atoms with Gasteiger partial charge < -0.3 is 9.15 Å². The molecule has 2 aromatic carbocycles. The summed E-state index contributed by atoms with van der Waals surface area (Å²) in [4.78, 5) is 0. The van der Waals surface area contributed by atoms with E-state index in [9.17, 15) is 8.42 Å². The molecule has 0 amide bonds. The number of aromatic nitrogens is 2. The molecule has 8 nitrogen and oxygen atoms in total. The fraction of sp³-hybridized carbons (Fsp3) is 0.167. The lowest BCUT2D eigenvalue weighted by Gasteiger charge is -2.21. The van der Waals surface area contributed by atoms with Gasteiger partial charge in [-0.25, -0.2) is 13.1 Å². The molecule has 5 rings (SSSR count). The highest BCUT2D eigenvalue weighted by Crippen LogP contribution is 2.40. The predicted octanol–water partition coefficient (Wildman–Crippen LogP) is 4.25. The van der Waals surface area contributed by atoms with E-state index in [2.05, 4.69) is 5.10 Å². The Labute approximate surface area is 191 Å². The van der Waals surface area contributed by atoms with Gasteiger partial charge >= 0.3 is 0 Å². The summed E-state index contributed by atoms with van der Waals surface area (Å²) in [5.41, 5.74) is 3.65. The maximum atomic E-state index is 12.7. The summed E-state index contributed by atoms with van der Waals surface area (Å²) in [5.74, 6) is 1.23. The van der Waals surface area contributed by atoms with Crippen molar-refractivity contribution in [3.63, 3.8) is 0 Å². The average Bonchev–Trinajstić information content (AvgIpc) is 3.58. The maximum Gasteiger partial charge on any atom is 0.247 e. The van der Waals surface area contributed by atoms with Gasteiger partial charge in [-0.3, -0.25) is 0 Å². The zero-order valence-corrected chi connectivity index (χ0v) is 18.9. The van der Waals surface area contributed by atoms with E-state index in [0.717, 1.165) is 27.5 Å². The molecular weight excluding hydrogens is 440 g/mol. The largest absolute Gasteiger partial charge is 0.497 e. The number of sulfonamides is 1. The van der Waals surface area contributed by atoms with E-state index >= 15 is 0 Å². The molecule has 0 aliphatic carbocycles. The minimum Gasteiger partial charge on any atom is -0.497 e. The molecule has 1 aliphatic rings. The SMILES string of the molecule is COc1cccc(-c2nn(-c3ccccc3)cc2[C@@H]2CC(c3ccco3)=NN2S(C)(=O)=O)c1.